The SMILES string of the molecule is Nc1ccc(NC(=S)Nc2ccc(NC(=O)c3ccccc3F)cc2)cc1Cl. The number of nitrogens with two attached hydrogens (primary N) is 1. The summed E-state index contributed by atoms with van der Waals surface area (Å²) in [6, 6.07) is 17.8. The van der Waals surface area contributed by atoms with Crippen molar-refractivity contribution in [3.8, 4) is 0 Å². The van der Waals surface area contributed by atoms with Gasteiger partial charge in [-0.15, -0.1) is 0 Å². The normalized spacial score (nSPS) is 10.2. The van der Waals surface area contributed by atoms with Gasteiger partial charge in [-0.05, 0) is 66.8 Å². The first-order valence-electron chi connectivity index (χ1n) is 8.21. The molecule has 0 unspecified atom stereocenters. The number of rotatable bonds is 4. The second kappa shape index (κ2) is 8.69. The number of halogens is 2. The fourth-order valence-corrected chi connectivity index (χ4v) is 2.80. The average Bonchev–Trinajstić information content (AvgIpc) is 2.66. The van der Waals surface area contributed by atoms with Crippen molar-refractivity contribution in [2.24, 2.45) is 0 Å². The third-order valence-electron chi connectivity index (χ3n) is 3.78. The molecule has 3 aromatic carbocycles. The number of carbonyl (C=O) groups is 1. The van der Waals surface area contributed by atoms with Crippen LogP contribution in [0.2, 0.25) is 5.02 Å². The quantitative estimate of drug-likeness (QED) is 0.352. The molecular weight excluding hydrogens is 399 g/mol. The van der Waals surface area contributed by atoms with E-state index in [0.29, 0.717) is 32.9 Å². The van der Waals surface area contributed by atoms with Gasteiger partial charge in [0, 0.05) is 17.1 Å². The van der Waals surface area contributed by atoms with E-state index in [1.165, 1.54) is 18.2 Å². The van der Waals surface area contributed by atoms with Crippen molar-refractivity contribution in [3.05, 3.63) is 83.1 Å². The smallest absolute Gasteiger partial charge is 0.258 e. The zero-order chi connectivity index (χ0) is 20.1. The first-order valence-corrected chi connectivity index (χ1v) is 9.00. The van der Waals surface area contributed by atoms with Crippen LogP contribution in [0.5, 0.6) is 0 Å². The van der Waals surface area contributed by atoms with Crippen LogP contribution in [0.1, 0.15) is 10.4 Å². The Kier molecular flexibility index (Phi) is 6.08. The molecule has 0 atom stereocenters. The molecule has 0 heterocycles. The number of anilines is 4. The molecule has 3 aromatic rings. The number of hydrogen-bond acceptors (Lipinski definition) is 3. The van der Waals surface area contributed by atoms with Gasteiger partial charge in [0.2, 0.25) is 0 Å². The van der Waals surface area contributed by atoms with E-state index in [1.54, 1.807) is 48.5 Å². The minimum absolute atomic E-state index is 0.0164. The van der Waals surface area contributed by atoms with Gasteiger partial charge in [-0.1, -0.05) is 23.7 Å². The van der Waals surface area contributed by atoms with Crippen LogP contribution in [-0.4, -0.2) is 11.0 Å². The lowest BCUT2D eigenvalue weighted by Crippen LogP contribution is -2.19. The molecule has 0 fully saturated rings. The highest BCUT2D eigenvalue weighted by molar-refractivity contribution is 7.80. The summed E-state index contributed by atoms with van der Waals surface area (Å²) >= 11 is 11.3. The minimum atomic E-state index is -0.572. The molecule has 28 heavy (non-hydrogen) atoms. The molecule has 0 aliphatic rings. The molecular formula is C20H16ClFN4OS. The van der Waals surface area contributed by atoms with Gasteiger partial charge < -0.3 is 21.7 Å². The predicted octanol–water partition coefficient (Wildman–Crippen LogP) is 5.12. The van der Waals surface area contributed by atoms with Crippen LogP contribution in [0.25, 0.3) is 0 Å². The van der Waals surface area contributed by atoms with Crippen LogP contribution < -0.4 is 21.7 Å². The predicted molar refractivity (Wildman–Crippen MR) is 117 cm³/mol. The minimum Gasteiger partial charge on any atom is -0.398 e. The van der Waals surface area contributed by atoms with E-state index >= 15 is 0 Å². The van der Waals surface area contributed by atoms with Gasteiger partial charge in [0.25, 0.3) is 5.91 Å². The molecule has 0 bridgehead atoms. The van der Waals surface area contributed by atoms with Crippen LogP contribution in [0.15, 0.2) is 66.7 Å². The number of thiocarbonyl (C=S) groups is 1. The fraction of sp³-hybridized carbons (Fsp3) is 0. The van der Waals surface area contributed by atoms with E-state index in [1.807, 2.05) is 0 Å². The molecule has 142 valence electrons. The summed E-state index contributed by atoms with van der Waals surface area (Å²) in [5.41, 5.74) is 8.09. The van der Waals surface area contributed by atoms with E-state index in [-0.39, 0.29) is 5.56 Å². The molecule has 3 rings (SSSR count). The standard InChI is InChI=1S/C20H16ClFN4OS/c21-16-11-14(9-10-18(16)23)26-20(28)25-13-7-5-12(6-8-13)24-19(27)15-3-1-2-4-17(15)22/h1-11H,23H2,(H,24,27)(H2,25,26,28). The van der Waals surface area contributed by atoms with E-state index in [4.69, 9.17) is 29.6 Å². The summed E-state index contributed by atoms with van der Waals surface area (Å²) in [5, 5.41) is 9.47. The molecule has 0 aromatic heterocycles. The van der Waals surface area contributed by atoms with Crippen LogP contribution in [-0.2, 0) is 0 Å². The monoisotopic (exact) mass is 414 g/mol. The number of carbonyl (C=O) groups excluding carboxylic acids is 1. The Balaban J connectivity index is 1.59. The first-order chi connectivity index (χ1) is 13.4. The van der Waals surface area contributed by atoms with Crippen molar-refractivity contribution < 1.29 is 9.18 Å². The number of nitrogens with one attached hydrogen (secondary N) is 3. The third kappa shape index (κ3) is 4.97. The Morgan fingerprint density at radius 2 is 1.46 bits per heavy atom. The maximum Gasteiger partial charge on any atom is 0.258 e. The first kappa shape index (κ1) is 19.6. The second-order valence-corrected chi connectivity index (χ2v) is 6.64. The number of nitrogen functional groups attached to an aromatic ring is 1. The van der Waals surface area contributed by atoms with Crippen LogP contribution in [0.4, 0.5) is 27.1 Å². The third-order valence-corrected chi connectivity index (χ3v) is 4.31. The molecule has 1 amide bonds. The fourth-order valence-electron chi connectivity index (χ4n) is 2.38. The largest absolute Gasteiger partial charge is 0.398 e. The van der Waals surface area contributed by atoms with Crippen LogP contribution >= 0.6 is 23.8 Å². The summed E-state index contributed by atoms with van der Waals surface area (Å²) < 4.78 is 13.7. The topological polar surface area (TPSA) is 79.2 Å². The zero-order valence-corrected chi connectivity index (χ0v) is 16.1. The summed E-state index contributed by atoms with van der Waals surface area (Å²) in [6.45, 7) is 0. The summed E-state index contributed by atoms with van der Waals surface area (Å²) in [4.78, 5) is 12.1. The summed E-state index contributed by atoms with van der Waals surface area (Å²) in [6.07, 6.45) is 0. The van der Waals surface area contributed by atoms with Crippen molar-refractivity contribution in [3.63, 3.8) is 0 Å². The molecule has 0 aliphatic carbocycles. The molecule has 5 N–H and O–H groups in total. The van der Waals surface area contributed by atoms with Gasteiger partial charge in [0.1, 0.15) is 5.82 Å². The Hall–Kier alpha value is -3.16. The molecule has 0 aliphatic heterocycles. The molecule has 0 saturated heterocycles. The van der Waals surface area contributed by atoms with E-state index in [0.717, 1.165) is 0 Å². The lowest BCUT2D eigenvalue weighted by molar-refractivity contribution is 0.102. The Bertz CT molecular complexity index is 1030. The Morgan fingerprint density at radius 1 is 0.893 bits per heavy atom. The second-order valence-electron chi connectivity index (χ2n) is 5.83. The molecule has 0 spiro atoms. The maximum atomic E-state index is 13.7. The van der Waals surface area contributed by atoms with Crippen molar-refractivity contribution in [1.29, 1.82) is 0 Å². The van der Waals surface area contributed by atoms with Crippen molar-refractivity contribution in [2.45, 2.75) is 0 Å². The Morgan fingerprint density at radius 3 is 2.11 bits per heavy atom. The van der Waals surface area contributed by atoms with Crippen molar-refractivity contribution in [1.82, 2.24) is 0 Å². The van der Waals surface area contributed by atoms with E-state index in [9.17, 15) is 9.18 Å². The average molecular weight is 415 g/mol. The van der Waals surface area contributed by atoms with Gasteiger partial charge in [-0.25, -0.2) is 4.39 Å². The van der Waals surface area contributed by atoms with E-state index < -0.39 is 11.7 Å². The number of amides is 1. The number of hydrogen-bond donors (Lipinski definition) is 4. The highest BCUT2D eigenvalue weighted by atomic mass is 35.5. The zero-order valence-electron chi connectivity index (χ0n) is 14.5. The lowest BCUT2D eigenvalue weighted by Gasteiger charge is -2.12. The van der Waals surface area contributed by atoms with Gasteiger partial charge in [-0.3, -0.25) is 4.79 Å². The lowest BCUT2D eigenvalue weighted by atomic mass is 10.2. The highest BCUT2D eigenvalue weighted by Crippen LogP contribution is 2.23. The van der Waals surface area contributed by atoms with Crippen LogP contribution in [0.3, 0.4) is 0 Å². The van der Waals surface area contributed by atoms with Gasteiger partial charge in [0.15, 0.2) is 5.11 Å². The molecule has 8 heteroatoms. The number of benzene rings is 3. The van der Waals surface area contributed by atoms with Gasteiger partial charge in [-0.2, -0.15) is 0 Å². The van der Waals surface area contributed by atoms with Crippen LogP contribution in [0, 0.1) is 5.82 Å². The van der Waals surface area contributed by atoms with E-state index in [2.05, 4.69) is 16.0 Å². The Labute approximate surface area is 171 Å². The highest BCUT2D eigenvalue weighted by Gasteiger charge is 2.11. The molecule has 0 radical (unpaired) electrons. The molecule has 5 nitrogen and oxygen atoms in total. The summed E-state index contributed by atoms with van der Waals surface area (Å²) in [7, 11) is 0. The maximum absolute atomic E-state index is 13.7. The van der Waals surface area contributed by atoms with Crippen molar-refractivity contribution >= 4 is 57.6 Å². The summed E-state index contributed by atoms with van der Waals surface area (Å²) in [5.74, 6) is -1.09. The van der Waals surface area contributed by atoms with Crippen molar-refractivity contribution in [2.75, 3.05) is 21.7 Å². The van der Waals surface area contributed by atoms with Gasteiger partial charge in [0.05, 0.1) is 16.3 Å². The van der Waals surface area contributed by atoms with Gasteiger partial charge >= 0.3 is 0 Å². The molecule has 0 saturated carbocycles.